The first-order valence-corrected chi connectivity index (χ1v) is 4.77. The third kappa shape index (κ3) is 1.36. The zero-order chi connectivity index (χ0) is 8.39. The van der Waals surface area contributed by atoms with E-state index >= 15 is 0 Å². The second-order valence-electron chi connectivity index (χ2n) is 3.51. The largest absolute Gasteiger partial charge is 0.250 e. The molecule has 0 spiro atoms. The molecule has 1 aromatic heterocycles. The second-order valence-corrected chi connectivity index (χ2v) is 3.51. The Labute approximate surface area is 72.8 Å². The van der Waals surface area contributed by atoms with Crippen molar-refractivity contribution in [1.29, 1.82) is 0 Å². The topological polar surface area (TPSA) is 30.7 Å². The summed E-state index contributed by atoms with van der Waals surface area (Å²) in [6.45, 7) is 3.21. The standard InChI is InChI=1S/C9H15N3/c1-2-9-10-7-11-12(9)6-8-4-3-5-8/h7-8H,2-6H2,1H3. The monoisotopic (exact) mass is 165 g/mol. The molecule has 1 aliphatic carbocycles. The Bertz CT molecular complexity index is 250. The quantitative estimate of drug-likeness (QED) is 0.681. The highest BCUT2D eigenvalue weighted by Crippen LogP contribution is 2.27. The van der Waals surface area contributed by atoms with Crippen LogP contribution < -0.4 is 0 Å². The molecule has 0 aliphatic heterocycles. The van der Waals surface area contributed by atoms with Gasteiger partial charge in [0, 0.05) is 13.0 Å². The Morgan fingerprint density at radius 1 is 1.58 bits per heavy atom. The van der Waals surface area contributed by atoms with E-state index in [1.54, 1.807) is 6.33 Å². The molecule has 1 aliphatic rings. The molecule has 1 saturated carbocycles. The molecule has 1 fully saturated rings. The lowest BCUT2D eigenvalue weighted by molar-refractivity contribution is 0.263. The molecule has 2 rings (SSSR count). The molecule has 66 valence electrons. The van der Waals surface area contributed by atoms with Crippen molar-refractivity contribution in [3.8, 4) is 0 Å². The number of rotatable bonds is 3. The van der Waals surface area contributed by atoms with Gasteiger partial charge in [-0.2, -0.15) is 5.10 Å². The zero-order valence-electron chi connectivity index (χ0n) is 7.53. The molecule has 3 nitrogen and oxygen atoms in total. The van der Waals surface area contributed by atoms with Crippen molar-refractivity contribution >= 4 is 0 Å². The molecule has 0 N–H and O–H groups in total. The van der Waals surface area contributed by atoms with Gasteiger partial charge in [-0.3, -0.25) is 0 Å². The number of aryl methyl sites for hydroxylation is 1. The van der Waals surface area contributed by atoms with Crippen molar-refractivity contribution in [2.45, 2.75) is 39.2 Å². The first-order valence-electron chi connectivity index (χ1n) is 4.77. The lowest BCUT2D eigenvalue weighted by Gasteiger charge is -2.25. The molecular formula is C9H15N3. The predicted octanol–water partition coefficient (Wildman–Crippen LogP) is 1.64. The number of hydrogen-bond acceptors (Lipinski definition) is 2. The van der Waals surface area contributed by atoms with Crippen LogP contribution in [0.2, 0.25) is 0 Å². The van der Waals surface area contributed by atoms with E-state index in [4.69, 9.17) is 0 Å². The van der Waals surface area contributed by atoms with E-state index in [1.165, 1.54) is 19.3 Å². The highest BCUT2D eigenvalue weighted by Gasteiger charge is 2.18. The van der Waals surface area contributed by atoms with Crippen LogP contribution in [0.1, 0.15) is 32.0 Å². The van der Waals surface area contributed by atoms with Crippen LogP contribution in [0, 0.1) is 5.92 Å². The van der Waals surface area contributed by atoms with E-state index in [0.29, 0.717) is 0 Å². The fourth-order valence-electron chi connectivity index (χ4n) is 1.63. The summed E-state index contributed by atoms with van der Waals surface area (Å²) in [6.07, 6.45) is 6.82. The van der Waals surface area contributed by atoms with Gasteiger partial charge in [0.05, 0.1) is 0 Å². The number of nitrogens with zero attached hydrogens (tertiary/aromatic N) is 3. The van der Waals surface area contributed by atoms with Crippen molar-refractivity contribution in [3.63, 3.8) is 0 Å². The van der Waals surface area contributed by atoms with Gasteiger partial charge in [0.2, 0.25) is 0 Å². The van der Waals surface area contributed by atoms with E-state index in [-0.39, 0.29) is 0 Å². The maximum Gasteiger partial charge on any atom is 0.138 e. The van der Waals surface area contributed by atoms with Crippen molar-refractivity contribution < 1.29 is 0 Å². The predicted molar refractivity (Wildman–Crippen MR) is 46.7 cm³/mol. The Balaban J connectivity index is 2.00. The summed E-state index contributed by atoms with van der Waals surface area (Å²) in [5.41, 5.74) is 0. The van der Waals surface area contributed by atoms with E-state index in [9.17, 15) is 0 Å². The highest BCUT2D eigenvalue weighted by molar-refractivity contribution is 4.84. The lowest BCUT2D eigenvalue weighted by atomic mass is 9.85. The van der Waals surface area contributed by atoms with Gasteiger partial charge in [-0.15, -0.1) is 0 Å². The zero-order valence-corrected chi connectivity index (χ0v) is 7.53. The van der Waals surface area contributed by atoms with Crippen LogP contribution in [-0.4, -0.2) is 14.8 Å². The fraction of sp³-hybridized carbons (Fsp3) is 0.778. The van der Waals surface area contributed by atoms with Gasteiger partial charge in [0.15, 0.2) is 0 Å². The molecule has 1 heterocycles. The molecule has 1 aromatic rings. The maximum absolute atomic E-state index is 4.21. The highest BCUT2D eigenvalue weighted by atomic mass is 15.3. The van der Waals surface area contributed by atoms with Gasteiger partial charge in [0.1, 0.15) is 12.2 Å². The minimum Gasteiger partial charge on any atom is -0.250 e. The maximum atomic E-state index is 4.21. The first kappa shape index (κ1) is 7.77. The third-order valence-electron chi connectivity index (χ3n) is 2.67. The van der Waals surface area contributed by atoms with Crippen LogP contribution in [0.3, 0.4) is 0 Å². The normalized spacial score (nSPS) is 17.8. The Morgan fingerprint density at radius 2 is 2.42 bits per heavy atom. The molecule has 0 saturated heterocycles. The molecule has 12 heavy (non-hydrogen) atoms. The minimum absolute atomic E-state index is 0.872. The van der Waals surface area contributed by atoms with Crippen LogP contribution in [0.5, 0.6) is 0 Å². The van der Waals surface area contributed by atoms with Gasteiger partial charge < -0.3 is 0 Å². The summed E-state index contributed by atoms with van der Waals surface area (Å²) in [7, 11) is 0. The first-order chi connectivity index (χ1) is 5.90. The molecule has 0 aromatic carbocycles. The van der Waals surface area contributed by atoms with Gasteiger partial charge in [-0.25, -0.2) is 9.67 Å². The Kier molecular flexibility index (Phi) is 2.11. The number of aromatic nitrogens is 3. The Hall–Kier alpha value is -0.860. The molecule has 0 unspecified atom stereocenters. The smallest absolute Gasteiger partial charge is 0.138 e. The van der Waals surface area contributed by atoms with Crippen molar-refractivity contribution in [1.82, 2.24) is 14.8 Å². The molecule has 0 radical (unpaired) electrons. The van der Waals surface area contributed by atoms with E-state index in [2.05, 4.69) is 21.7 Å². The van der Waals surface area contributed by atoms with Crippen LogP contribution in [0.4, 0.5) is 0 Å². The Morgan fingerprint density at radius 3 is 3.00 bits per heavy atom. The second kappa shape index (κ2) is 3.25. The van der Waals surface area contributed by atoms with Crippen LogP contribution in [0.25, 0.3) is 0 Å². The van der Waals surface area contributed by atoms with E-state index < -0.39 is 0 Å². The third-order valence-corrected chi connectivity index (χ3v) is 2.67. The molecule has 0 amide bonds. The summed E-state index contributed by atoms with van der Waals surface area (Å²) in [5.74, 6) is 2.00. The van der Waals surface area contributed by atoms with Gasteiger partial charge in [0.25, 0.3) is 0 Å². The van der Waals surface area contributed by atoms with Crippen LogP contribution in [0.15, 0.2) is 6.33 Å². The average Bonchev–Trinajstić information content (AvgIpc) is 2.43. The van der Waals surface area contributed by atoms with Gasteiger partial charge in [-0.05, 0) is 18.8 Å². The lowest BCUT2D eigenvalue weighted by Crippen LogP contribution is -2.20. The summed E-state index contributed by atoms with van der Waals surface area (Å²) in [5, 5.41) is 4.21. The summed E-state index contributed by atoms with van der Waals surface area (Å²) in [4.78, 5) is 4.20. The average molecular weight is 165 g/mol. The van der Waals surface area contributed by atoms with Gasteiger partial charge in [-0.1, -0.05) is 13.3 Å². The van der Waals surface area contributed by atoms with Crippen LogP contribution in [-0.2, 0) is 13.0 Å². The molecule has 0 atom stereocenters. The van der Waals surface area contributed by atoms with Crippen molar-refractivity contribution in [2.24, 2.45) is 5.92 Å². The summed E-state index contributed by atoms with van der Waals surface area (Å²) >= 11 is 0. The number of hydrogen-bond donors (Lipinski definition) is 0. The minimum atomic E-state index is 0.872. The fourth-order valence-corrected chi connectivity index (χ4v) is 1.63. The van der Waals surface area contributed by atoms with Crippen molar-refractivity contribution in [2.75, 3.05) is 0 Å². The summed E-state index contributed by atoms with van der Waals surface area (Å²) < 4.78 is 2.06. The van der Waals surface area contributed by atoms with Gasteiger partial charge >= 0.3 is 0 Å². The molecule has 0 bridgehead atoms. The molecular weight excluding hydrogens is 150 g/mol. The van der Waals surface area contributed by atoms with Crippen molar-refractivity contribution in [3.05, 3.63) is 12.2 Å². The van der Waals surface area contributed by atoms with Crippen LogP contribution >= 0.6 is 0 Å². The molecule has 3 heteroatoms. The SMILES string of the molecule is CCc1ncnn1CC1CCC1. The van der Waals surface area contributed by atoms with E-state index in [0.717, 1.165) is 24.7 Å². The summed E-state index contributed by atoms with van der Waals surface area (Å²) in [6, 6.07) is 0. The van der Waals surface area contributed by atoms with E-state index in [1.807, 2.05) is 0 Å².